The van der Waals surface area contributed by atoms with Crippen molar-refractivity contribution in [2.75, 3.05) is 99.5 Å². The van der Waals surface area contributed by atoms with Crippen LogP contribution in [0.1, 0.15) is 196 Å². The molecule has 0 unspecified atom stereocenters. The number of methoxy groups -OCH3 is 2. The van der Waals surface area contributed by atoms with Gasteiger partial charge in [-0.25, -0.2) is 79.5 Å². The molecule has 0 bridgehead atoms. The first-order valence-electron chi connectivity index (χ1n) is 64.4. The predicted octanol–water partition coefficient (Wildman–Crippen LogP) is 23.1. The van der Waals surface area contributed by atoms with E-state index in [9.17, 15) is 30.8 Å². The van der Waals surface area contributed by atoms with Crippen LogP contribution >= 0.6 is 0 Å². The smallest absolute Gasteiger partial charge is 0.414 e. The van der Waals surface area contributed by atoms with Crippen molar-refractivity contribution in [2.24, 2.45) is 35.5 Å². The summed E-state index contributed by atoms with van der Waals surface area (Å²) in [6.07, 6.45) is 19.7. The highest BCUT2D eigenvalue weighted by Crippen LogP contribution is 2.48. The maximum absolute atomic E-state index is 15.2. The second-order valence-corrected chi connectivity index (χ2v) is 40.4. The zero-order chi connectivity index (χ0) is 135. The largest absolute Gasteiger partial charge is 0.505 e. The number of rotatable bonds is 17. The fraction of sp³-hybridized carbons (Fsp3) is 0.417. The SMILES string of the molecule is C.C1C[C@@H]2CNC[C@@H]2C1.CNc1cc(F)cc2c1[nH]c1nc(Oc3cnc(C)nc3)nc(N3C[C@H]4CCC[C@H]4C3)c12.COc1ccc(CS(=O)(=O)c2nc(S(=O)(=O)Cc3ccc(OC)cc3)c3c(n2)[nH]c2c(N(C)C(=O)OC(C)(C)C)cc(F)cc23)cc1.Cc1ncc(O)cn1.Cc1ncc(Oc2nc(N3C[C@H]4CCC[C@H]4C3)c3c(n2)[nH]c2c(N(C)C(=O)OC(C)(C)C)cc(F)cc23)cn1.[2HH].[2H][2H].[2H][2H].[2H][2H].[2H][2H].[2H][2H].[2H][2H].[2H][2H].[2H][2H].[2H][2H].[2H][2H].[2H][2H].[2H][2H].[2H][2H].[2H][2H].[2H][2H].[2H][2H].[2H][2H].[2H][2H].[2H][2H].[2H][2H]. The summed E-state index contributed by atoms with van der Waals surface area (Å²) in [5.74, 6) is 7.50. The zero-order valence-corrected chi connectivity index (χ0v) is 78.6. The van der Waals surface area contributed by atoms with Crippen LogP contribution in [0, 0.1) is 73.7 Å². The molecule has 3 saturated heterocycles. The number of carbonyl (C=O) groups excluding carboxylic acids is 2. The maximum Gasteiger partial charge on any atom is 0.414 e. The maximum atomic E-state index is 15.2. The van der Waals surface area contributed by atoms with Crippen molar-refractivity contribution in [3.63, 3.8) is 0 Å². The number of amides is 2. The van der Waals surface area contributed by atoms with Gasteiger partial charge in [-0.1, -0.05) is 51.0 Å². The van der Waals surface area contributed by atoms with E-state index in [1.54, 1.807) is 149 Å². The Morgan fingerprint density at radius 1 is 0.496 bits per heavy atom. The highest BCUT2D eigenvalue weighted by molar-refractivity contribution is 7.91. The highest BCUT2D eigenvalue weighted by Gasteiger charge is 2.41. The van der Waals surface area contributed by atoms with Crippen molar-refractivity contribution >= 4 is 126 Å². The lowest BCUT2D eigenvalue weighted by molar-refractivity contribution is 0.0579. The van der Waals surface area contributed by atoms with Gasteiger partial charge in [0, 0.05) is 124 Å². The number of hydrogen-bond donors (Lipinski definition) is 6. The van der Waals surface area contributed by atoms with Crippen LogP contribution in [0.4, 0.5) is 51.5 Å². The van der Waals surface area contributed by atoms with Gasteiger partial charge in [0.2, 0.25) is 19.7 Å². The third-order valence-corrected chi connectivity index (χ3v) is 27.8. The topological polar surface area (TPSA) is 417 Å². The van der Waals surface area contributed by atoms with E-state index in [0.717, 1.165) is 77.2 Å². The van der Waals surface area contributed by atoms with Crippen molar-refractivity contribution < 1.29 is 134 Å². The van der Waals surface area contributed by atoms with Crippen molar-refractivity contribution in [2.45, 2.75) is 160 Å². The number of sulfone groups is 2. The second-order valence-electron chi connectivity index (χ2n) is 36.6. The molecule has 39 heteroatoms. The third-order valence-electron chi connectivity index (χ3n) is 24.7. The van der Waals surface area contributed by atoms with Crippen LogP contribution in [0.25, 0.3) is 65.8 Å². The number of benzene rings is 5. The van der Waals surface area contributed by atoms with Crippen LogP contribution in [0.15, 0.2) is 132 Å². The van der Waals surface area contributed by atoms with Gasteiger partial charge in [0.05, 0.1) is 113 Å². The first-order chi connectivity index (χ1) is 83.9. The molecule has 3 aliphatic carbocycles. The lowest BCUT2D eigenvalue weighted by Crippen LogP contribution is -2.34. The number of nitrogens with one attached hydrogen (secondary N) is 5. The van der Waals surface area contributed by atoms with Crippen molar-refractivity contribution in [3.05, 3.63) is 168 Å². The number of nitrogens with zero attached hydrogens (tertiary/aromatic N) is 16. The summed E-state index contributed by atoms with van der Waals surface area (Å²) < 4.78 is 333. The summed E-state index contributed by atoms with van der Waals surface area (Å²) >= 11 is 0. The van der Waals surface area contributed by atoms with Gasteiger partial charge in [0.25, 0.3) is 5.16 Å². The van der Waals surface area contributed by atoms with Crippen LogP contribution in [0.5, 0.6) is 40.8 Å². The number of H-pyrrole nitrogens is 3. The van der Waals surface area contributed by atoms with Gasteiger partial charge >= 0.3 is 24.2 Å². The first-order valence-corrected chi connectivity index (χ1v) is 47.7. The van der Waals surface area contributed by atoms with E-state index in [2.05, 4.69) is 85.2 Å². The van der Waals surface area contributed by atoms with Gasteiger partial charge in [-0.15, -0.1) is 0 Å². The fourth-order valence-corrected chi connectivity index (χ4v) is 21.1. The van der Waals surface area contributed by atoms with Gasteiger partial charge in [0.1, 0.15) is 86.2 Å². The number of aryl methyl sites for hydroxylation is 3. The second kappa shape index (κ2) is 39.6. The van der Waals surface area contributed by atoms with Crippen molar-refractivity contribution in [3.8, 4) is 40.8 Å². The lowest BCUT2D eigenvalue weighted by Gasteiger charge is -2.25. The molecule has 20 rings (SSSR count). The predicted molar refractivity (Wildman–Crippen MR) is 554 cm³/mol. The molecule has 135 heavy (non-hydrogen) atoms. The van der Waals surface area contributed by atoms with Gasteiger partial charge < -0.3 is 68.9 Å². The number of aromatic hydroxyl groups is 1. The molecule has 754 valence electrons. The molecule has 9 aromatic heterocycles. The van der Waals surface area contributed by atoms with E-state index in [1.165, 1.54) is 128 Å². The minimum absolute atomic E-state index is 0. The monoisotopic (exact) mass is 1970 g/mol. The molecule has 34 nitrogen and oxygen atoms in total. The zero-order valence-electron chi connectivity index (χ0n) is 117. The quantitative estimate of drug-likeness (QED) is 0.0364. The molecule has 3 aliphatic heterocycles. The Hall–Kier alpha value is -13.4. The molecule has 0 radical (unpaired) electrons. The number of fused-ring (bicyclic) bond motifs is 12. The number of aromatic nitrogens is 15. The fourth-order valence-electron chi connectivity index (χ4n) is 18.3. The summed E-state index contributed by atoms with van der Waals surface area (Å²) in [5.41, 5.74) is 2.63. The summed E-state index contributed by atoms with van der Waals surface area (Å²) in [6, 6.07) is 20.9. The molecule has 6 N–H and O–H groups in total. The van der Waals surface area contributed by atoms with Crippen molar-refractivity contribution in [1.29, 1.82) is 0 Å². The Labute approximate surface area is 842 Å². The van der Waals surface area contributed by atoms with Crippen LogP contribution in [-0.4, -0.2) is 195 Å². The number of aromatic amines is 3. The minimum atomic E-state index is -4.39. The van der Waals surface area contributed by atoms with E-state index in [0.29, 0.717) is 120 Å². The molecule has 12 heterocycles. The molecular weight excluding hydrogens is 1780 g/mol. The molecule has 6 atom stereocenters. The van der Waals surface area contributed by atoms with Gasteiger partial charge in [0.15, 0.2) is 22.3 Å². The van der Waals surface area contributed by atoms with E-state index in [-0.39, 0.29) is 60.1 Å². The number of carbonyl (C=O) groups is 2. The molecular formula is C96H154F3N21O13S2. The van der Waals surface area contributed by atoms with Crippen LogP contribution < -0.4 is 49.2 Å². The number of hydrogen-bond acceptors (Lipinski definition) is 29. The minimum Gasteiger partial charge on any atom is -0.505 e. The molecule has 0 spiro atoms. The summed E-state index contributed by atoms with van der Waals surface area (Å²) in [6.45, 7) is 22.0. The van der Waals surface area contributed by atoms with Gasteiger partial charge in [-0.3, -0.25) is 9.80 Å². The highest BCUT2D eigenvalue weighted by atomic mass is 32.2. The molecule has 2 amide bonds. The van der Waals surface area contributed by atoms with Gasteiger partial charge in [-0.05, 0) is 221 Å². The Bertz CT molecular complexity index is 7010. The summed E-state index contributed by atoms with van der Waals surface area (Å²) in [7, 11) is -1.05. The first kappa shape index (κ1) is 73.0. The van der Waals surface area contributed by atoms with E-state index in [4.69, 9.17) is 103 Å². The Morgan fingerprint density at radius 2 is 0.859 bits per heavy atom. The van der Waals surface area contributed by atoms with E-state index in [1.807, 2.05) is 6.92 Å². The van der Waals surface area contributed by atoms with E-state index < -0.39 is 76.4 Å². The van der Waals surface area contributed by atoms with E-state index >= 15 is 8.78 Å². The molecule has 5 aromatic carbocycles. The molecule has 6 aliphatic rings. The van der Waals surface area contributed by atoms with Crippen LogP contribution in [-0.2, 0) is 40.7 Å². The average Bonchev–Trinajstić information content (AvgIpc) is 1.58. The van der Waals surface area contributed by atoms with Crippen molar-refractivity contribution in [1.82, 2.24) is 80.1 Å². The third kappa shape index (κ3) is 21.8. The number of ether oxygens (including phenoxy) is 6. The standard InChI is InChI=1S/C32H33FN4O8S2.C28H32FN7O3.C23H24FN7O.C7H13N.C5H6N2O.CH4.21H2/c1-32(2,3)45-31(38)37(4)25-16-21(33)15-24-26-28(34-27(24)25)35-30(47(41,42)18-20-9-13-23(44-6)14-10-20)36-29(26)46(39,40)17-19-7-11-22(43-5)12-8-19;1-15-30-11-19(12-31-15)38-26-33-24-22(25(34-26)36-13-16-7-6-8-17(16)14-36)20-9-18(29)10-21(23(20)32-24)35(5)27(37)39-28(2,3)4;1-12-26-8-16(9-27-12)32-23-29-21-19(17-6-15(24)7-18(25-2)20(17)28-21)22(30-23)31-10-13-4-3-5-14(13)11-31;1-2-6-4-8-5-7(6)3-1;1-4-6-2-5(8)3-7-4;;;;;;;;;;;;;;;;;;;;;;/h7-16H,17-18H2,1-6H3,(H,34,35,36);9-12,16-17H,6-8,13-14H2,1-5H3,(H,32,33,34);6-9,13-14,25H,3-5,10-11H2,1-2H3,(H,28,29,30);6-8H,1-5H2;2-3,8H,1H3;1H4;21*1H/t;16-,17+;13-,14+;6-,7+;;;;;;;;;;;;;;;;;;;;;;;/i;;;;;;20*1+1D;1+1. The van der Waals surface area contributed by atoms with Crippen LogP contribution in [0.2, 0.25) is 0 Å². The Balaban J connectivity index is -0.000000402. The molecule has 14 aromatic rings. The number of anilines is 5. The average molecular weight is 1970 g/mol. The molecule has 3 saturated carbocycles. The normalized spacial score (nSPS) is 19.0. The van der Waals surface area contributed by atoms with Crippen LogP contribution in [0.3, 0.4) is 0 Å². The number of halogens is 3. The summed E-state index contributed by atoms with van der Waals surface area (Å²) in [5, 5.41) is 16.5. The Kier molecular flexibility index (Phi) is 21.4. The Morgan fingerprint density at radius 3 is 1.25 bits per heavy atom. The van der Waals surface area contributed by atoms with Gasteiger partial charge in [-0.2, -0.15) is 19.9 Å². The summed E-state index contributed by atoms with van der Waals surface area (Å²) in [4.78, 5) is 93.8. The molecule has 6 fully saturated rings. The lowest BCUT2D eigenvalue weighted by atomic mass is 10.0.